The Balaban J connectivity index is 0. The van der Waals surface area contributed by atoms with E-state index in [9.17, 15) is 9.59 Å². The maximum absolute atomic E-state index is 12.1. The van der Waals surface area contributed by atoms with Crippen molar-refractivity contribution >= 4 is 24.3 Å². The predicted octanol–water partition coefficient (Wildman–Crippen LogP) is 8.64. The Kier molecular flexibility index (Phi) is 26.6. The van der Waals surface area contributed by atoms with E-state index < -0.39 is 12.1 Å². The smallest absolute Gasteiger partial charge is 0.307 e. The van der Waals surface area contributed by atoms with Gasteiger partial charge >= 0.3 is 11.9 Å². The van der Waals surface area contributed by atoms with Crippen molar-refractivity contribution in [2.24, 2.45) is 0 Å². The first kappa shape index (κ1) is 32.4. The van der Waals surface area contributed by atoms with Gasteiger partial charge in [0.15, 0.2) is 0 Å². The minimum Gasteiger partial charge on any atom is -0.481 e. The number of carbonyl (C=O) groups excluding carboxylic acids is 1. The summed E-state index contributed by atoms with van der Waals surface area (Å²) < 4.78 is 5.49. The fourth-order valence-electron chi connectivity index (χ4n) is 3.90. The monoisotopic (exact) mass is 462 g/mol. The van der Waals surface area contributed by atoms with Gasteiger partial charge in [0, 0.05) is 6.42 Å². The van der Waals surface area contributed by atoms with Crippen molar-refractivity contribution in [3.05, 3.63) is 0 Å². The van der Waals surface area contributed by atoms with E-state index in [-0.39, 0.29) is 24.8 Å². The third kappa shape index (κ3) is 25.4. The van der Waals surface area contributed by atoms with Crippen LogP contribution in [0.25, 0.3) is 0 Å². The van der Waals surface area contributed by atoms with Crippen LogP contribution < -0.4 is 0 Å². The van der Waals surface area contributed by atoms with Crippen LogP contribution in [0, 0.1) is 0 Å². The standard InChI is InChI=1S/C26H50O4.ClH/c1-3-5-7-9-11-13-15-17-19-21-24(23-25(27)28)30-26(29)22-20-18-16-14-12-10-8-6-4-2;/h24H,3-23H2,1-2H3,(H,27,28);1H/t24-;/m1./s1. The highest BCUT2D eigenvalue weighted by Crippen LogP contribution is 2.16. The van der Waals surface area contributed by atoms with Crippen molar-refractivity contribution in [3.63, 3.8) is 0 Å². The number of hydrogen-bond acceptors (Lipinski definition) is 3. The predicted molar refractivity (Wildman–Crippen MR) is 133 cm³/mol. The van der Waals surface area contributed by atoms with Crippen LogP contribution in [0.5, 0.6) is 0 Å². The van der Waals surface area contributed by atoms with E-state index in [1.165, 1.54) is 89.9 Å². The number of ether oxygens (including phenoxy) is 1. The van der Waals surface area contributed by atoms with Crippen LogP contribution in [0.15, 0.2) is 0 Å². The summed E-state index contributed by atoms with van der Waals surface area (Å²) in [5, 5.41) is 9.10. The molecule has 0 aromatic carbocycles. The fourth-order valence-corrected chi connectivity index (χ4v) is 3.90. The third-order valence-electron chi connectivity index (χ3n) is 5.81. The number of carboxylic acids is 1. The van der Waals surface area contributed by atoms with Crippen LogP contribution in [0.3, 0.4) is 0 Å². The highest BCUT2D eigenvalue weighted by Gasteiger charge is 2.17. The molecule has 186 valence electrons. The average Bonchev–Trinajstić information content (AvgIpc) is 2.70. The SMILES string of the molecule is CCCCCCCCCCCC(=O)O[C@H](CCCCCCCCCCC)CC(=O)O.Cl. The molecule has 0 radical (unpaired) electrons. The molecule has 0 saturated carbocycles. The van der Waals surface area contributed by atoms with Gasteiger partial charge in [-0.15, -0.1) is 12.4 Å². The van der Waals surface area contributed by atoms with E-state index in [0.717, 1.165) is 25.7 Å². The lowest BCUT2D eigenvalue weighted by molar-refractivity contribution is -0.153. The molecule has 0 spiro atoms. The molecule has 4 nitrogen and oxygen atoms in total. The molecule has 0 unspecified atom stereocenters. The minimum atomic E-state index is -0.883. The number of carbonyl (C=O) groups is 2. The van der Waals surface area contributed by atoms with E-state index in [1.54, 1.807) is 0 Å². The fraction of sp³-hybridized carbons (Fsp3) is 0.923. The Morgan fingerprint density at radius 2 is 1.03 bits per heavy atom. The van der Waals surface area contributed by atoms with Crippen molar-refractivity contribution < 1.29 is 19.4 Å². The van der Waals surface area contributed by atoms with Crippen molar-refractivity contribution in [3.8, 4) is 0 Å². The molecule has 1 atom stereocenters. The Morgan fingerprint density at radius 1 is 0.645 bits per heavy atom. The van der Waals surface area contributed by atoms with Crippen LogP contribution in [-0.2, 0) is 14.3 Å². The first-order valence-electron chi connectivity index (χ1n) is 13.0. The summed E-state index contributed by atoms with van der Waals surface area (Å²) in [7, 11) is 0. The van der Waals surface area contributed by atoms with E-state index in [0.29, 0.717) is 12.8 Å². The second kappa shape index (κ2) is 25.5. The van der Waals surface area contributed by atoms with Gasteiger partial charge in [-0.1, -0.05) is 117 Å². The average molecular weight is 463 g/mol. The molecule has 0 amide bonds. The zero-order valence-corrected chi connectivity index (χ0v) is 21.3. The Hall–Kier alpha value is -0.770. The quantitative estimate of drug-likeness (QED) is 0.122. The number of esters is 1. The van der Waals surface area contributed by atoms with E-state index >= 15 is 0 Å². The van der Waals surface area contributed by atoms with E-state index in [2.05, 4.69) is 13.8 Å². The van der Waals surface area contributed by atoms with Gasteiger partial charge in [-0.3, -0.25) is 9.59 Å². The lowest BCUT2D eigenvalue weighted by Gasteiger charge is -2.16. The van der Waals surface area contributed by atoms with Crippen molar-refractivity contribution in [2.45, 2.75) is 155 Å². The van der Waals surface area contributed by atoms with Crippen LogP contribution in [-0.4, -0.2) is 23.1 Å². The Labute approximate surface area is 198 Å². The molecule has 0 saturated heterocycles. The number of hydrogen-bond donors (Lipinski definition) is 1. The number of aliphatic carboxylic acids is 1. The van der Waals surface area contributed by atoms with E-state index in [1.807, 2.05) is 0 Å². The molecule has 0 fully saturated rings. The van der Waals surface area contributed by atoms with Gasteiger partial charge in [-0.25, -0.2) is 0 Å². The van der Waals surface area contributed by atoms with Gasteiger partial charge < -0.3 is 9.84 Å². The van der Waals surface area contributed by atoms with Gasteiger partial charge in [-0.2, -0.15) is 0 Å². The van der Waals surface area contributed by atoms with Crippen LogP contribution in [0.2, 0.25) is 0 Å². The first-order chi connectivity index (χ1) is 14.6. The summed E-state index contributed by atoms with van der Waals surface area (Å²) in [6.45, 7) is 4.47. The van der Waals surface area contributed by atoms with Crippen molar-refractivity contribution in [1.82, 2.24) is 0 Å². The second-order valence-corrected chi connectivity index (χ2v) is 8.91. The Bertz CT molecular complexity index is 401. The van der Waals surface area contributed by atoms with Gasteiger partial charge in [0.25, 0.3) is 0 Å². The molecule has 0 heterocycles. The number of rotatable bonds is 23. The molecule has 1 N–H and O–H groups in total. The minimum absolute atomic E-state index is 0. The normalized spacial score (nSPS) is 11.7. The molecule has 0 aliphatic heterocycles. The van der Waals surface area contributed by atoms with Gasteiger partial charge in [0.05, 0.1) is 6.42 Å². The summed E-state index contributed by atoms with van der Waals surface area (Å²) in [6, 6.07) is 0. The molecule has 0 aromatic rings. The van der Waals surface area contributed by atoms with Crippen molar-refractivity contribution in [1.29, 1.82) is 0 Å². The molecule has 0 aliphatic carbocycles. The summed E-state index contributed by atoms with van der Waals surface area (Å²) in [6.07, 6.45) is 22.5. The maximum atomic E-state index is 12.1. The largest absolute Gasteiger partial charge is 0.481 e. The van der Waals surface area contributed by atoms with Crippen LogP contribution >= 0.6 is 12.4 Å². The molecule has 0 rings (SSSR count). The molecule has 0 bridgehead atoms. The van der Waals surface area contributed by atoms with Gasteiger partial charge in [-0.05, 0) is 19.3 Å². The van der Waals surface area contributed by atoms with Crippen LogP contribution in [0.1, 0.15) is 149 Å². The zero-order valence-electron chi connectivity index (χ0n) is 20.5. The lowest BCUT2D eigenvalue weighted by Crippen LogP contribution is -2.21. The number of carboxylic acid groups (broad SMARTS) is 1. The summed E-state index contributed by atoms with van der Waals surface area (Å²) in [5.74, 6) is -1.10. The molecular weight excluding hydrogens is 412 g/mol. The van der Waals surface area contributed by atoms with Gasteiger partial charge in [0.2, 0.25) is 0 Å². The Morgan fingerprint density at radius 3 is 1.45 bits per heavy atom. The number of unbranched alkanes of at least 4 members (excludes halogenated alkanes) is 16. The number of halogens is 1. The van der Waals surface area contributed by atoms with Gasteiger partial charge in [0.1, 0.15) is 6.10 Å². The maximum Gasteiger partial charge on any atom is 0.307 e. The highest BCUT2D eigenvalue weighted by molar-refractivity contribution is 5.85. The third-order valence-corrected chi connectivity index (χ3v) is 5.81. The highest BCUT2D eigenvalue weighted by atomic mass is 35.5. The summed E-state index contributed by atoms with van der Waals surface area (Å²) in [4.78, 5) is 23.2. The van der Waals surface area contributed by atoms with Crippen molar-refractivity contribution in [2.75, 3.05) is 0 Å². The van der Waals surface area contributed by atoms with Crippen LogP contribution in [0.4, 0.5) is 0 Å². The molecule has 0 aliphatic rings. The molecular formula is C26H51ClO4. The first-order valence-corrected chi connectivity index (χ1v) is 13.0. The molecule has 5 heteroatoms. The summed E-state index contributed by atoms with van der Waals surface area (Å²) in [5.41, 5.74) is 0. The lowest BCUT2D eigenvalue weighted by atomic mass is 10.0. The summed E-state index contributed by atoms with van der Waals surface area (Å²) >= 11 is 0. The van der Waals surface area contributed by atoms with E-state index in [4.69, 9.17) is 9.84 Å². The molecule has 31 heavy (non-hydrogen) atoms. The molecule has 0 aromatic heterocycles. The zero-order chi connectivity index (χ0) is 22.3. The topological polar surface area (TPSA) is 63.6 Å². The second-order valence-electron chi connectivity index (χ2n) is 8.91.